The van der Waals surface area contributed by atoms with Gasteiger partial charge in [-0.2, -0.15) is 0 Å². The van der Waals surface area contributed by atoms with Crippen LogP contribution in [0.25, 0.3) is 17.5 Å². The molecule has 7 heteroatoms. The Labute approximate surface area is 242 Å². The summed E-state index contributed by atoms with van der Waals surface area (Å²) in [7, 11) is 0. The standard InChI is InChI=1S/C34H40FNO5/c1-22(2)29-21-28(32(38)24-11-9-8-10-12-24)31(23-13-15-25(35)16-14-23)36(29)18-17-26-19-27(40-34(6,7)39-26)20-30(37)41-33(3,4)5/h8-18,21-22,26-27H,19-20H2,1-7H3/b18-17+/t26-,27-/m1/s1. The molecule has 41 heavy (non-hydrogen) atoms. The third kappa shape index (κ3) is 7.80. The van der Waals surface area contributed by atoms with Gasteiger partial charge in [-0.1, -0.05) is 44.2 Å². The molecule has 1 saturated heterocycles. The van der Waals surface area contributed by atoms with Crippen LogP contribution in [0.3, 0.4) is 0 Å². The summed E-state index contributed by atoms with van der Waals surface area (Å²) in [6.45, 7) is 13.3. The second-order valence-electron chi connectivity index (χ2n) is 12.2. The predicted molar refractivity (Wildman–Crippen MR) is 158 cm³/mol. The summed E-state index contributed by atoms with van der Waals surface area (Å²) < 4.78 is 33.6. The number of rotatable bonds is 8. The third-order valence-electron chi connectivity index (χ3n) is 6.70. The molecular weight excluding hydrogens is 521 g/mol. The van der Waals surface area contributed by atoms with E-state index in [4.69, 9.17) is 14.2 Å². The van der Waals surface area contributed by atoms with Crippen LogP contribution in [0.2, 0.25) is 0 Å². The molecule has 0 aliphatic carbocycles. The van der Waals surface area contributed by atoms with E-state index in [-0.39, 0.29) is 42.1 Å². The summed E-state index contributed by atoms with van der Waals surface area (Å²) in [5, 5.41) is 0. The zero-order valence-corrected chi connectivity index (χ0v) is 24.9. The number of carbonyl (C=O) groups is 2. The van der Waals surface area contributed by atoms with Crippen molar-refractivity contribution in [3.8, 4) is 11.3 Å². The topological polar surface area (TPSA) is 66.8 Å². The maximum absolute atomic E-state index is 13.9. The second kappa shape index (κ2) is 12.1. The van der Waals surface area contributed by atoms with E-state index in [2.05, 4.69) is 13.8 Å². The second-order valence-corrected chi connectivity index (χ2v) is 12.2. The third-order valence-corrected chi connectivity index (χ3v) is 6.70. The molecule has 1 fully saturated rings. The molecule has 218 valence electrons. The van der Waals surface area contributed by atoms with Crippen LogP contribution in [-0.4, -0.2) is 39.9 Å². The SMILES string of the molecule is CC(C)c1cc(C(=O)c2ccccc2)c(-c2ccc(F)cc2)n1/C=C/[C@@H]1C[C@H](CC(=O)OC(C)(C)C)OC(C)(C)O1. The molecule has 0 bridgehead atoms. The van der Waals surface area contributed by atoms with Crippen molar-refractivity contribution in [1.82, 2.24) is 4.57 Å². The van der Waals surface area contributed by atoms with E-state index in [0.29, 0.717) is 23.2 Å². The van der Waals surface area contributed by atoms with Gasteiger partial charge in [0, 0.05) is 29.4 Å². The van der Waals surface area contributed by atoms with Crippen LogP contribution in [-0.2, 0) is 19.0 Å². The first-order chi connectivity index (χ1) is 19.2. The predicted octanol–water partition coefficient (Wildman–Crippen LogP) is 7.76. The van der Waals surface area contributed by atoms with Crippen molar-refractivity contribution in [3.63, 3.8) is 0 Å². The van der Waals surface area contributed by atoms with Crippen LogP contribution in [0, 0.1) is 5.82 Å². The molecule has 1 aromatic heterocycles. The summed E-state index contributed by atoms with van der Waals surface area (Å²) in [5.74, 6) is -1.61. The van der Waals surface area contributed by atoms with Gasteiger partial charge >= 0.3 is 5.97 Å². The number of ether oxygens (including phenoxy) is 3. The van der Waals surface area contributed by atoms with Crippen molar-refractivity contribution in [1.29, 1.82) is 0 Å². The molecule has 3 aromatic rings. The van der Waals surface area contributed by atoms with Gasteiger partial charge in [0.1, 0.15) is 11.4 Å². The van der Waals surface area contributed by atoms with Crippen LogP contribution in [0.1, 0.15) is 88.8 Å². The fourth-order valence-corrected chi connectivity index (χ4v) is 5.11. The molecule has 2 aromatic carbocycles. The number of ketones is 1. The van der Waals surface area contributed by atoms with E-state index >= 15 is 0 Å². The van der Waals surface area contributed by atoms with Crippen molar-refractivity contribution in [2.24, 2.45) is 0 Å². The van der Waals surface area contributed by atoms with Gasteiger partial charge in [-0.25, -0.2) is 4.39 Å². The molecule has 0 N–H and O–H groups in total. The van der Waals surface area contributed by atoms with Gasteiger partial charge in [0.2, 0.25) is 0 Å². The highest BCUT2D eigenvalue weighted by atomic mass is 19.1. The molecule has 1 aliphatic rings. The molecule has 0 spiro atoms. The van der Waals surface area contributed by atoms with Gasteiger partial charge in [0.15, 0.2) is 11.6 Å². The molecule has 0 radical (unpaired) electrons. The van der Waals surface area contributed by atoms with Crippen LogP contribution in [0.15, 0.2) is 66.7 Å². The van der Waals surface area contributed by atoms with E-state index in [9.17, 15) is 14.0 Å². The summed E-state index contributed by atoms with van der Waals surface area (Å²) in [5.41, 5.74) is 2.86. The van der Waals surface area contributed by atoms with Crippen LogP contribution >= 0.6 is 0 Å². The van der Waals surface area contributed by atoms with Gasteiger partial charge in [0.05, 0.1) is 24.3 Å². The van der Waals surface area contributed by atoms with Gasteiger partial charge < -0.3 is 18.8 Å². The largest absolute Gasteiger partial charge is 0.460 e. The quantitative estimate of drug-likeness (QED) is 0.208. The van der Waals surface area contributed by atoms with Crippen molar-refractivity contribution in [2.45, 2.75) is 90.8 Å². The molecule has 0 unspecified atom stereocenters. The minimum atomic E-state index is -0.911. The number of hydrogen-bond donors (Lipinski definition) is 0. The maximum atomic E-state index is 13.9. The Hall–Kier alpha value is -3.55. The Kier molecular flexibility index (Phi) is 9.00. The summed E-state index contributed by atoms with van der Waals surface area (Å²) in [6, 6.07) is 17.2. The number of aromatic nitrogens is 1. The monoisotopic (exact) mass is 561 g/mol. The zero-order valence-electron chi connectivity index (χ0n) is 24.9. The number of halogens is 1. The van der Waals surface area contributed by atoms with E-state index in [1.807, 2.05) is 75.7 Å². The molecular formula is C34H40FNO5. The maximum Gasteiger partial charge on any atom is 0.308 e. The lowest BCUT2D eigenvalue weighted by atomic mass is 9.99. The van der Waals surface area contributed by atoms with Gasteiger partial charge in [-0.15, -0.1) is 0 Å². The lowest BCUT2D eigenvalue weighted by molar-refractivity contribution is -0.290. The molecule has 4 rings (SSSR count). The first-order valence-electron chi connectivity index (χ1n) is 14.1. The van der Waals surface area contributed by atoms with Crippen LogP contribution in [0.5, 0.6) is 0 Å². The van der Waals surface area contributed by atoms with Gasteiger partial charge in [-0.05, 0) is 82.5 Å². The Morgan fingerprint density at radius 3 is 2.34 bits per heavy atom. The number of benzene rings is 2. The van der Waals surface area contributed by atoms with Crippen molar-refractivity contribution >= 4 is 18.0 Å². The first-order valence-corrected chi connectivity index (χ1v) is 14.1. The first kappa shape index (κ1) is 30.4. The smallest absolute Gasteiger partial charge is 0.308 e. The summed E-state index contributed by atoms with van der Waals surface area (Å²) in [6.07, 6.45) is 3.67. The Bertz CT molecular complexity index is 1400. The highest BCUT2D eigenvalue weighted by Gasteiger charge is 2.36. The number of hydrogen-bond acceptors (Lipinski definition) is 5. The number of nitrogens with zero attached hydrogens (tertiary/aromatic N) is 1. The Balaban J connectivity index is 1.73. The number of esters is 1. The minimum absolute atomic E-state index is 0.0862. The lowest BCUT2D eigenvalue weighted by Crippen LogP contribution is -2.45. The highest BCUT2D eigenvalue weighted by molar-refractivity contribution is 6.13. The zero-order chi connectivity index (χ0) is 29.9. The normalized spacial score (nSPS) is 19.0. The van der Waals surface area contributed by atoms with E-state index < -0.39 is 11.4 Å². The van der Waals surface area contributed by atoms with E-state index in [1.54, 1.807) is 24.3 Å². The van der Waals surface area contributed by atoms with Crippen LogP contribution in [0.4, 0.5) is 4.39 Å². The molecule has 0 amide bonds. The van der Waals surface area contributed by atoms with Gasteiger partial charge in [0.25, 0.3) is 0 Å². The lowest BCUT2D eigenvalue weighted by Gasteiger charge is -2.39. The molecule has 1 aliphatic heterocycles. The van der Waals surface area contributed by atoms with E-state index in [0.717, 1.165) is 11.3 Å². The number of carbonyl (C=O) groups excluding carboxylic acids is 2. The molecule has 2 heterocycles. The summed E-state index contributed by atoms with van der Waals surface area (Å²) >= 11 is 0. The molecule has 6 nitrogen and oxygen atoms in total. The van der Waals surface area contributed by atoms with E-state index in [1.165, 1.54) is 12.1 Å². The molecule has 0 saturated carbocycles. The van der Waals surface area contributed by atoms with Crippen molar-refractivity contribution < 1.29 is 28.2 Å². The average Bonchev–Trinajstić information content (AvgIpc) is 3.25. The fraction of sp³-hybridized carbons (Fsp3) is 0.412. The van der Waals surface area contributed by atoms with Crippen LogP contribution < -0.4 is 0 Å². The van der Waals surface area contributed by atoms with Crippen molar-refractivity contribution in [2.75, 3.05) is 0 Å². The average molecular weight is 562 g/mol. The van der Waals surface area contributed by atoms with Gasteiger partial charge in [-0.3, -0.25) is 9.59 Å². The Morgan fingerprint density at radius 2 is 1.73 bits per heavy atom. The summed E-state index contributed by atoms with van der Waals surface area (Å²) in [4.78, 5) is 26.3. The van der Waals surface area contributed by atoms with Crippen molar-refractivity contribution in [3.05, 3.63) is 89.4 Å². The highest BCUT2D eigenvalue weighted by Crippen LogP contribution is 2.35. The minimum Gasteiger partial charge on any atom is -0.460 e. The molecule has 2 atom stereocenters. The fourth-order valence-electron chi connectivity index (χ4n) is 5.11. The Morgan fingerprint density at radius 1 is 1.07 bits per heavy atom.